The highest BCUT2D eigenvalue weighted by atomic mass is 16.2. The van der Waals surface area contributed by atoms with Crippen LogP contribution in [0.15, 0.2) is 54.6 Å². The molecule has 3 heteroatoms. The SMILES string of the molecule is CC(=O)N(c1ccccc1)C(C)c1ccccc1N1CCCCC1. The van der Waals surface area contributed by atoms with E-state index in [1.54, 1.807) is 6.92 Å². The maximum absolute atomic E-state index is 12.4. The zero-order valence-electron chi connectivity index (χ0n) is 14.6. The number of piperidine rings is 1. The van der Waals surface area contributed by atoms with Gasteiger partial charge < -0.3 is 9.80 Å². The molecule has 1 saturated heterocycles. The van der Waals surface area contributed by atoms with E-state index in [0.29, 0.717) is 0 Å². The molecule has 1 fully saturated rings. The van der Waals surface area contributed by atoms with Crippen molar-refractivity contribution in [1.29, 1.82) is 0 Å². The third-order valence-corrected chi connectivity index (χ3v) is 4.84. The Morgan fingerprint density at radius 1 is 0.958 bits per heavy atom. The van der Waals surface area contributed by atoms with Crippen molar-refractivity contribution in [3.63, 3.8) is 0 Å². The number of benzene rings is 2. The maximum Gasteiger partial charge on any atom is 0.224 e. The van der Waals surface area contributed by atoms with Crippen LogP contribution in [-0.4, -0.2) is 19.0 Å². The van der Waals surface area contributed by atoms with Crippen LogP contribution in [0.5, 0.6) is 0 Å². The van der Waals surface area contributed by atoms with Crippen molar-refractivity contribution in [2.24, 2.45) is 0 Å². The van der Waals surface area contributed by atoms with Crippen LogP contribution in [0.3, 0.4) is 0 Å². The lowest BCUT2D eigenvalue weighted by molar-refractivity contribution is -0.117. The van der Waals surface area contributed by atoms with Crippen molar-refractivity contribution >= 4 is 17.3 Å². The van der Waals surface area contributed by atoms with E-state index in [4.69, 9.17) is 0 Å². The van der Waals surface area contributed by atoms with Gasteiger partial charge in [-0.3, -0.25) is 4.79 Å². The molecule has 1 unspecified atom stereocenters. The van der Waals surface area contributed by atoms with E-state index < -0.39 is 0 Å². The molecule has 1 amide bonds. The Labute approximate surface area is 144 Å². The Balaban J connectivity index is 1.96. The third-order valence-electron chi connectivity index (χ3n) is 4.84. The number of para-hydroxylation sites is 2. The predicted octanol–water partition coefficient (Wildman–Crippen LogP) is 4.79. The van der Waals surface area contributed by atoms with Gasteiger partial charge in [-0.05, 0) is 49.9 Å². The van der Waals surface area contributed by atoms with Gasteiger partial charge in [-0.25, -0.2) is 0 Å². The van der Waals surface area contributed by atoms with Crippen LogP contribution in [0.4, 0.5) is 11.4 Å². The molecule has 0 spiro atoms. The van der Waals surface area contributed by atoms with Crippen molar-refractivity contribution in [3.05, 3.63) is 60.2 Å². The van der Waals surface area contributed by atoms with Gasteiger partial charge in [-0.15, -0.1) is 0 Å². The summed E-state index contributed by atoms with van der Waals surface area (Å²) in [6.45, 7) is 5.98. The molecular formula is C21H26N2O. The van der Waals surface area contributed by atoms with Gasteiger partial charge in [-0.2, -0.15) is 0 Å². The first kappa shape index (κ1) is 16.6. The van der Waals surface area contributed by atoms with Gasteiger partial charge in [0.2, 0.25) is 5.91 Å². The summed E-state index contributed by atoms with van der Waals surface area (Å²) in [7, 11) is 0. The summed E-state index contributed by atoms with van der Waals surface area (Å²) in [4.78, 5) is 16.7. The molecule has 1 heterocycles. The maximum atomic E-state index is 12.4. The standard InChI is InChI=1S/C21H26N2O/c1-17(23(18(2)24)19-11-5-3-6-12-19)20-13-7-8-14-21(20)22-15-9-4-10-16-22/h3,5-8,11-14,17H,4,9-10,15-16H2,1-2H3. The van der Waals surface area contributed by atoms with E-state index in [1.807, 2.05) is 35.2 Å². The van der Waals surface area contributed by atoms with Crippen molar-refractivity contribution in [1.82, 2.24) is 0 Å². The topological polar surface area (TPSA) is 23.6 Å². The lowest BCUT2D eigenvalue weighted by atomic mass is 10.0. The Morgan fingerprint density at radius 2 is 1.58 bits per heavy atom. The lowest BCUT2D eigenvalue weighted by Crippen LogP contribution is -2.34. The number of rotatable bonds is 4. The first-order valence-electron chi connectivity index (χ1n) is 8.87. The molecule has 3 rings (SSSR count). The summed E-state index contributed by atoms with van der Waals surface area (Å²) in [6, 6.07) is 18.5. The predicted molar refractivity (Wildman–Crippen MR) is 101 cm³/mol. The summed E-state index contributed by atoms with van der Waals surface area (Å²) >= 11 is 0. The number of hydrogen-bond acceptors (Lipinski definition) is 2. The first-order valence-corrected chi connectivity index (χ1v) is 8.87. The second-order valence-electron chi connectivity index (χ2n) is 6.51. The summed E-state index contributed by atoms with van der Waals surface area (Å²) in [5.74, 6) is 0.0714. The molecule has 0 aromatic heterocycles. The zero-order chi connectivity index (χ0) is 16.9. The Hall–Kier alpha value is -2.29. The highest BCUT2D eigenvalue weighted by Crippen LogP contribution is 2.34. The van der Waals surface area contributed by atoms with E-state index in [2.05, 4.69) is 36.1 Å². The normalized spacial score (nSPS) is 15.8. The van der Waals surface area contributed by atoms with Gasteiger partial charge in [-0.1, -0.05) is 36.4 Å². The highest BCUT2D eigenvalue weighted by Gasteiger charge is 2.24. The molecule has 2 aromatic carbocycles. The highest BCUT2D eigenvalue weighted by molar-refractivity contribution is 5.92. The van der Waals surface area contributed by atoms with E-state index >= 15 is 0 Å². The van der Waals surface area contributed by atoms with Crippen LogP contribution < -0.4 is 9.80 Å². The van der Waals surface area contributed by atoms with E-state index in [9.17, 15) is 4.79 Å². The van der Waals surface area contributed by atoms with Crippen LogP contribution in [-0.2, 0) is 4.79 Å². The molecule has 2 aromatic rings. The molecule has 0 radical (unpaired) electrons. The minimum Gasteiger partial charge on any atom is -0.371 e. The fourth-order valence-electron chi connectivity index (χ4n) is 3.67. The van der Waals surface area contributed by atoms with Gasteiger partial charge in [0.1, 0.15) is 0 Å². The molecule has 0 saturated carbocycles. The number of carbonyl (C=O) groups excluding carboxylic acids is 1. The fourth-order valence-corrected chi connectivity index (χ4v) is 3.67. The second kappa shape index (κ2) is 7.52. The van der Waals surface area contributed by atoms with Crippen molar-refractivity contribution in [2.45, 2.75) is 39.2 Å². The second-order valence-corrected chi connectivity index (χ2v) is 6.51. The molecule has 3 nitrogen and oxygen atoms in total. The fraction of sp³-hybridized carbons (Fsp3) is 0.381. The Morgan fingerprint density at radius 3 is 2.25 bits per heavy atom. The van der Waals surface area contributed by atoms with Crippen molar-refractivity contribution in [2.75, 3.05) is 22.9 Å². The van der Waals surface area contributed by atoms with E-state index in [0.717, 1.165) is 18.8 Å². The Bertz CT molecular complexity index is 677. The van der Waals surface area contributed by atoms with E-state index in [1.165, 1.54) is 30.5 Å². The number of nitrogens with zero attached hydrogens (tertiary/aromatic N) is 2. The monoisotopic (exact) mass is 322 g/mol. The summed E-state index contributed by atoms with van der Waals surface area (Å²) in [5, 5.41) is 0. The Kier molecular flexibility index (Phi) is 5.19. The molecule has 126 valence electrons. The van der Waals surface area contributed by atoms with Crippen LogP contribution in [0, 0.1) is 0 Å². The number of anilines is 2. The van der Waals surface area contributed by atoms with Crippen LogP contribution in [0.1, 0.15) is 44.7 Å². The summed E-state index contributed by atoms with van der Waals surface area (Å²) in [6.07, 6.45) is 3.81. The minimum absolute atomic E-state index is 0.00280. The van der Waals surface area contributed by atoms with E-state index in [-0.39, 0.29) is 11.9 Å². The van der Waals surface area contributed by atoms with Gasteiger partial charge in [0, 0.05) is 31.4 Å². The molecule has 0 N–H and O–H groups in total. The molecule has 0 bridgehead atoms. The number of carbonyl (C=O) groups is 1. The average molecular weight is 322 g/mol. The lowest BCUT2D eigenvalue weighted by Gasteiger charge is -2.35. The molecular weight excluding hydrogens is 296 g/mol. The largest absolute Gasteiger partial charge is 0.371 e. The number of hydrogen-bond donors (Lipinski definition) is 0. The summed E-state index contributed by atoms with van der Waals surface area (Å²) in [5.41, 5.74) is 3.44. The van der Waals surface area contributed by atoms with Gasteiger partial charge in [0.05, 0.1) is 6.04 Å². The third kappa shape index (κ3) is 3.45. The minimum atomic E-state index is 0.00280. The average Bonchev–Trinajstić information content (AvgIpc) is 2.63. The van der Waals surface area contributed by atoms with Crippen LogP contribution in [0.2, 0.25) is 0 Å². The molecule has 1 atom stereocenters. The van der Waals surface area contributed by atoms with Crippen LogP contribution in [0.25, 0.3) is 0 Å². The molecule has 0 aliphatic carbocycles. The summed E-state index contributed by atoms with van der Waals surface area (Å²) < 4.78 is 0. The molecule has 24 heavy (non-hydrogen) atoms. The van der Waals surface area contributed by atoms with Gasteiger partial charge in [0.25, 0.3) is 0 Å². The van der Waals surface area contributed by atoms with Crippen LogP contribution >= 0.6 is 0 Å². The van der Waals surface area contributed by atoms with Crippen molar-refractivity contribution in [3.8, 4) is 0 Å². The zero-order valence-corrected chi connectivity index (χ0v) is 14.6. The number of amides is 1. The van der Waals surface area contributed by atoms with Gasteiger partial charge in [0.15, 0.2) is 0 Å². The molecule has 1 aliphatic rings. The van der Waals surface area contributed by atoms with Gasteiger partial charge >= 0.3 is 0 Å². The van der Waals surface area contributed by atoms with Crippen molar-refractivity contribution < 1.29 is 4.79 Å². The molecule has 1 aliphatic heterocycles. The smallest absolute Gasteiger partial charge is 0.224 e. The first-order chi connectivity index (χ1) is 11.7. The quantitative estimate of drug-likeness (QED) is 0.808.